The van der Waals surface area contributed by atoms with Gasteiger partial charge in [-0.2, -0.15) is 0 Å². The minimum Gasteiger partial charge on any atom is -0.473 e. The molecular weight excluding hydrogens is 255 g/mol. The van der Waals surface area contributed by atoms with Crippen LogP contribution in [0.25, 0.3) is 0 Å². The number of ether oxygens (including phenoxy) is 1. The van der Waals surface area contributed by atoms with Crippen LogP contribution < -0.4 is 10.1 Å². The molecule has 0 aliphatic carbocycles. The molecule has 3 nitrogen and oxygen atoms in total. The fourth-order valence-electron chi connectivity index (χ4n) is 2.08. The molecule has 20 heavy (non-hydrogen) atoms. The van der Waals surface area contributed by atoms with Crippen molar-refractivity contribution in [1.82, 2.24) is 10.3 Å². The molecule has 0 aromatic carbocycles. The maximum absolute atomic E-state index is 14.3. The van der Waals surface area contributed by atoms with Gasteiger partial charge in [-0.1, -0.05) is 27.7 Å². The first-order chi connectivity index (χ1) is 9.40. The van der Waals surface area contributed by atoms with E-state index in [2.05, 4.69) is 38.0 Å². The maximum atomic E-state index is 14.3. The zero-order valence-corrected chi connectivity index (χ0v) is 13.2. The summed E-state index contributed by atoms with van der Waals surface area (Å²) in [5.41, 5.74) is 0.604. The molecule has 1 N–H and O–H groups in total. The van der Waals surface area contributed by atoms with Crippen molar-refractivity contribution in [1.29, 1.82) is 0 Å². The Kier molecular flexibility index (Phi) is 6.93. The van der Waals surface area contributed by atoms with Gasteiger partial charge >= 0.3 is 0 Å². The summed E-state index contributed by atoms with van der Waals surface area (Å²) >= 11 is 0. The van der Waals surface area contributed by atoms with Crippen LogP contribution in [0.4, 0.5) is 4.39 Å². The van der Waals surface area contributed by atoms with Crippen molar-refractivity contribution in [2.24, 2.45) is 11.8 Å². The summed E-state index contributed by atoms with van der Waals surface area (Å²) in [7, 11) is 0. The molecule has 1 rings (SSSR count). The Bertz CT molecular complexity index is 407. The van der Waals surface area contributed by atoms with Crippen LogP contribution in [0, 0.1) is 17.7 Å². The number of rotatable bonds is 8. The van der Waals surface area contributed by atoms with Gasteiger partial charge in [0.25, 0.3) is 5.88 Å². The molecule has 1 unspecified atom stereocenters. The number of nitrogens with zero attached hydrogens (tertiary/aromatic N) is 1. The second-order valence-electron chi connectivity index (χ2n) is 6.17. The fraction of sp³-hybridized carbons (Fsp3) is 0.688. The molecule has 0 fully saturated rings. The molecule has 0 spiro atoms. The first-order valence-electron chi connectivity index (χ1n) is 7.40. The molecule has 1 aromatic rings. The Morgan fingerprint density at radius 1 is 1.20 bits per heavy atom. The third-order valence-corrected chi connectivity index (χ3v) is 2.92. The monoisotopic (exact) mass is 282 g/mol. The van der Waals surface area contributed by atoms with Crippen molar-refractivity contribution < 1.29 is 9.13 Å². The van der Waals surface area contributed by atoms with Crippen LogP contribution in [0.15, 0.2) is 12.3 Å². The minimum atomic E-state index is -0.348. The summed E-state index contributed by atoms with van der Waals surface area (Å²) in [6.45, 7) is 11.8. The van der Waals surface area contributed by atoms with Crippen molar-refractivity contribution in [3.63, 3.8) is 0 Å². The molecule has 1 heterocycles. The molecule has 4 heteroatoms. The summed E-state index contributed by atoms with van der Waals surface area (Å²) in [6, 6.07) is 1.70. The van der Waals surface area contributed by atoms with Crippen LogP contribution in [0.3, 0.4) is 0 Å². The van der Waals surface area contributed by atoms with E-state index in [4.69, 9.17) is 4.74 Å². The highest BCUT2D eigenvalue weighted by Crippen LogP contribution is 2.20. The molecule has 0 saturated carbocycles. The van der Waals surface area contributed by atoms with Crippen molar-refractivity contribution in [2.75, 3.05) is 6.54 Å². The van der Waals surface area contributed by atoms with Crippen LogP contribution in [0.1, 0.15) is 46.6 Å². The molecule has 0 amide bonds. The van der Waals surface area contributed by atoms with Crippen LogP contribution in [-0.2, 0) is 6.54 Å². The second-order valence-corrected chi connectivity index (χ2v) is 6.17. The maximum Gasteiger partial charge on any atom is 0.250 e. The molecule has 0 saturated heterocycles. The Morgan fingerprint density at radius 3 is 2.50 bits per heavy atom. The van der Waals surface area contributed by atoms with E-state index in [0.717, 1.165) is 13.0 Å². The van der Waals surface area contributed by atoms with E-state index in [1.54, 1.807) is 12.3 Å². The number of nitrogens with one attached hydrogen (secondary N) is 1. The topological polar surface area (TPSA) is 34.2 Å². The van der Waals surface area contributed by atoms with E-state index >= 15 is 0 Å². The van der Waals surface area contributed by atoms with Gasteiger partial charge < -0.3 is 10.1 Å². The highest BCUT2D eigenvalue weighted by molar-refractivity contribution is 5.23. The first kappa shape index (κ1) is 16.9. The summed E-state index contributed by atoms with van der Waals surface area (Å²) in [5, 5.41) is 3.23. The number of hydrogen-bond donors (Lipinski definition) is 1. The third kappa shape index (κ3) is 5.87. The van der Waals surface area contributed by atoms with Gasteiger partial charge in [0.05, 0.1) is 6.10 Å². The Morgan fingerprint density at radius 2 is 1.90 bits per heavy atom. The summed E-state index contributed by atoms with van der Waals surface area (Å²) in [4.78, 5) is 4.00. The first-order valence-corrected chi connectivity index (χ1v) is 7.40. The molecule has 1 aromatic heterocycles. The number of hydrogen-bond acceptors (Lipinski definition) is 3. The molecule has 0 bridgehead atoms. The van der Waals surface area contributed by atoms with E-state index in [-0.39, 0.29) is 17.8 Å². The van der Waals surface area contributed by atoms with Gasteiger partial charge in [-0.3, -0.25) is 0 Å². The Hall–Kier alpha value is -1.16. The average Bonchev–Trinajstić information content (AvgIpc) is 2.32. The SMILES string of the molecule is CC(C)CNCc1ccnc(OC(C)CC(C)C)c1F. The minimum absolute atomic E-state index is 0.0316. The predicted octanol–water partition coefficient (Wildman–Crippen LogP) is 3.78. The lowest BCUT2D eigenvalue weighted by atomic mass is 10.1. The van der Waals surface area contributed by atoms with E-state index in [9.17, 15) is 4.39 Å². The zero-order chi connectivity index (χ0) is 15.1. The molecule has 0 aliphatic heterocycles. The van der Waals surface area contributed by atoms with E-state index in [0.29, 0.717) is 23.9 Å². The number of aromatic nitrogens is 1. The smallest absolute Gasteiger partial charge is 0.250 e. The molecule has 0 radical (unpaired) electrons. The molecule has 0 aliphatic rings. The summed E-state index contributed by atoms with van der Waals surface area (Å²) in [6.07, 6.45) is 2.46. The van der Waals surface area contributed by atoms with Crippen molar-refractivity contribution in [3.8, 4) is 5.88 Å². The molecule has 1 atom stereocenters. The highest BCUT2D eigenvalue weighted by Gasteiger charge is 2.14. The fourth-order valence-corrected chi connectivity index (χ4v) is 2.08. The standard InChI is InChI=1S/C16H27FN2O/c1-11(2)8-13(5)20-16-15(17)14(6-7-19-16)10-18-9-12(3)4/h6-7,11-13,18H,8-10H2,1-5H3. The van der Waals surface area contributed by atoms with E-state index in [1.807, 2.05) is 6.92 Å². The van der Waals surface area contributed by atoms with Crippen LogP contribution in [-0.4, -0.2) is 17.6 Å². The number of halogens is 1. The van der Waals surface area contributed by atoms with Gasteiger partial charge in [0, 0.05) is 18.3 Å². The lowest BCUT2D eigenvalue weighted by Crippen LogP contribution is -2.21. The van der Waals surface area contributed by atoms with E-state index in [1.165, 1.54) is 0 Å². The van der Waals surface area contributed by atoms with Crippen molar-refractivity contribution in [3.05, 3.63) is 23.6 Å². The second kappa shape index (κ2) is 8.20. The quantitative estimate of drug-likeness (QED) is 0.788. The van der Waals surface area contributed by atoms with Crippen LogP contribution in [0.5, 0.6) is 5.88 Å². The van der Waals surface area contributed by atoms with Gasteiger partial charge in [-0.05, 0) is 37.8 Å². The Balaban J connectivity index is 2.64. The van der Waals surface area contributed by atoms with Crippen LogP contribution >= 0.6 is 0 Å². The van der Waals surface area contributed by atoms with Crippen LogP contribution in [0.2, 0.25) is 0 Å². The van der Waals surface area contributed by atoms with Gasteiger partial charge in [0.2, 0.25) is 0 Å². The zero-order valence-electron chi connectivity index (χ0n) is 13.2. The van der Waals surface area contributed by atoms with Crippen molar-refractivity contribution in [2.45, 2.75) is 53.7 Å². The highest BCUT2D eigenvalue weighted by atomic mass is 19.1. The average molecular weight is 282 g/mol. The number of pyridine rings is 1. The lowest BCUT2D eigenvalue weighted by Gasteiger charge is -2.17. The normalized spacial score (nSPS) is 13.0. The summed E-state index contributed by atoms with van der Waals surface area (Å²) in [5.74, 6) is 0.826. The van der Waals surface area contributed by atoms with Gasteiger partial charge in [0.1, 0.15) is 0 Å². The summed E-state index contributed by atoms with van der Waals surface area (Å²) < 4.78 is 19.9. The van der Waals surface area contributed by atoms with E-state index < -0.39 is 0 Å². The van der Waals surface area contributed by atoms with Gasteiger partial charge in [-0.15, -0.1) is 0 Å². The lowest BCUT2D eigenvalue weighted by molar-refractivity contribution is 0.176. The third-order valence-electron chi connectivity index (χ3n) is 2.92. The van der Waals surface area contributed by atoms with Gasteiger partial charge in [-0.25, -0.2) is 9.37 Å². The van der Waals surface area contributed by atoms with Gasteiger partial charge in [0.15, 0.2) is 5.82 Å². The predicted molar refractivity (Wildman–Crippen MR) is 80.3 cm³/mol. The molecular formula is C16H27FN2O. The largest absolute Gasteiger partial charge is 0.473 e. The molecule has 114 valence electrons. The Labute approximate surface area is 121 Å². The van der Waals surface area contributed by atoms with Crippen molar-refractivity contribution >= 4 is 0 Å².